The Bertz CT molecular complexity index is 869. The fourth-order valence-electron chi connectivity index (χ4n) is 3.05. The summed E-state index contributed by atoms with van der Waals surface area (Å²) in [6.45, 7) is -0.422. The molecule has 28 heavy (non-hydrogen) atoms. The average Bonchev–Trinajstić information content (AvgIpc) is 3.47. The predicted octanol–water partition coefficient (Wildman–Crippen LogP) is 3.17. The fourth-order valence-corrected chi connectivity index (χ4v) is 3.05. The maximum Gasteiger partial charge on any atom is 0.416 e. The summed E-state index contributed by atoms with van der Waals surface area (Å²) in [5, 5.41) is 13.6. The molecule has 0 aromatic heterocycles. The molecule has 0 unspecified atom stereocenters. The topological polar surface area (TPSA) is 78.4 Å². The minimum atomic E-state index is -4.67. The molecule has 2 atom stereocenters. The van der Waals surface area contributed by atoms with Crippen LogP contribution in [0.5, 0.6) is 0 Å². The molecule has 1 saturated carbocycles. The van der Waals surface area contributed by atoms with Gasteiger partial charge in [-0.25, -0.2) is 0 Å². The van der Waals surface area contributed by atoms with Crippen LogP contribution in [0.3, 0.4) is 0 Å². The zero-order chi connectivity index (χ0) is 20.3. The molecule has 3 rings (SSSR count). The Hall–Kier alpha value is -2.87. The highest BCUT2D eigenvalue weighted by Crippen LogP contribution is 2.48. The van der Waals surface area contributed by atoms with Gasteiger partial charge in [-0.05, 0) is 36.1 Å². The van der Waals surface area contributed by atoms with Crippen molar-refractivity contribution in [1.29, 1.82) is 0 Å². The Kier molecular flexibility index (Phi) is 5.69. The molecule has 0 bridgehead atoms. The molecule has 3 N–H and O–H groups in total. The number of hydrogen-bond donors (Lipinski definition) is 3. The highest BCUT2D eigenvalue weighted by Gasteiger charge is 2.44. The van der Waals surface area contributed by atoms with E-state index in [1.165, 1.54) is 6.07 Å². The van der Waals surface area contributed by atoms with Gasteiger partial charge in [0.05, 0.1) is 12.2 Å². The lowest BCUT2D eigenvalue weighted by atomic mass is 10.1. The minimum Gasteiger partial charge on any atom is -0.395 e. The second-order valence-corrected chi connectivity index (χ2v) is 6.62. The Morgan fingerprint density at radius 2 is 1.82 bits per heavy atom. The number of aliphatic hydroxyl groups is 1. The molecule has 0 spiro atoms. The number of carbonyl (C=O) groups excluding carboxylic acids is 2. The van der Waals surface area contributed by atoms with Crippen molar-refractivity contribution < 1.29 is 27.9 Å². The van der Waals surface area contributed by atoms with E-state index in [1.807, 2.05) is 30.3 Å². The third kappa shape index (κ3) is 4.69. The van der Waals surface area contributed by atoms with Crippen LogP contribution in [0.15, 0.2) is 48.5 Å². The molecule has 5 nitrogen and oxygen atoms in total. The third-order valence-corrected chi connectivity index (χ3v) is 4.54. The van der Waals surface area contributed by atoms with Crippen LogP contribution in [-0.4, -0.2) is 30.1 Å². The minimum absolute atomic E-state index is 0.0410. The molecule has 1 fully saturated rings. The van der Waals surface area contributed by atoms with Gasteiger partial charge in [0.2, 0.25) is 5.91 Å². The van der Waals surface area contributed by atoms with E-state index in [0.29, 0.717) is 12.5 Å². The predicted molar refractivity (Wildman–Crippen MR) is 96.8 cm³/mol. The summed E-state index contributed by atoms with van der Waals surface area (Å²) in [5.41, 5.74) is -0.354. The number of halogens is 3. The molecule has 2 aromatic carbocycles. The largest absolute Gasteiger partial charge is 0.416 e. The van der Waals surface area contributed by atoms with Gasteiger partial charge < -0.3 is 15.7 Å². The van der Waals surface area contributed by atoms with E-state index >= 15 is 0 Å². The summed E-state index contributed by atoms with van der Waals surface area (Å²) in [4.78, 5) is 24.4. The molecular formula is C20H19F3N2O3. The summed E-state index contributed by atoms with van der Waals surface area (Å²) < 4.78 is 39.5. The van der Waals surface area contributed by atoms with Gasteiger partial charge in [-0.15, -0.1) is 0 Å². The molecule has 1 aliphatic rings. The molecule has 1 aliphatic carbocycles. The SMILES string of the molecule is O=C(NCCO)c1cc(NC(=O)[C@@H]2C[C@H]2c2ccccc2)cc(C(F)(F)F)c1. The summed E-state index contributed by atoms with van der Waals surface area (Å²) in [7, 11) is 0. The van der Waals surface area contributed by atoms with Crippen molar-refractivity contribution in [2.24, 2.45) is 5.92 Å². The number of aliphatic hydroxyl groups excluding tert-OH is 1. The smallest absolute Gasteiger partial charge is 0.395 e. The van der Waals surface area contributed by atoms with Crippen LogP contribution in [0, 0.1) is 5.92 Å². The standard InChI is InChI=1S/C20H19F3N2O3/c21-20(22,23)14-8-13(18(27)24-6-7-26)9-15(10-14)25-19(28)17-11-16(17)12-4-2-1-3-5-12/h1-5,8-10,16-17,26H,6-7,11H2,(H,24,27)(H,25,28)/t16-,17+/m0/s1. The van der Waals surface area contributed by atoms with Gasteiger partial charge in [0.1, 0.15) is 0 Å². The van der Waals surface area contributed by atoms with Crippen molar-refractivity contribution in [2.75, 3.05) is 18.5 Å². The lowest BCUT2D eigenvalue weighted by molar-refractivity contribution is -0.137. The molecular weight excluding hydrogens is 373 g/mol. The van der Waals surface area contributed by atoms with Crippen LogP contribution in [0.4, 0.5) is 18.9 Å². The monoisotopic (exact) mass is 392 g/mol. The van der Waals surface area contributed by atoms with E-state index in [-0.39, 0.29) is 42.1 Å². The van der Waals surface area contributed by atoms with Crippen LogP contribution in [0.25, 0.3) is 0 Å². The summed E-state index contributed by atoms with van der Waals surface area (Å²) in [6.07, 6.45) is -4.04. The van der Waals surface area contributed by atoms with Gasteiger partial charge in [-0.3, -0.25) is 9.59 Å². The van der Waals surface area contributed by atoms with Gasteiger partial charge in [-0.1, -0.05) is 30.3 Å². The van der Waals surface area contributed by atoms with Crippen molar-refractivity contribution >= 4 is 17.5 Å². The number of alkyl halides is 3. The molecule has 0 heterocycles. The van der Waals surface area contributed by atoms with Crippen LogP contribution < -0.4 is 10.6 Å². The van der Waals surface area contributed by atoms with E-state index < -0.39 is 17.6 Å². The van der Waals surface area contributed by atoms with Crippen molar-refractivity contribution in [3.8, 4) is 0 Å². The quantitative estimate of drug-likeness (QED) is 0.707. The summed E-state index contributed by atoms with van der Waals surface area (Å²) >= 11 is 0. The molecule has 0 radical (unpaired) electrons. The summed E-state index contributed by atoms with van der Waals surface area (Å²) in [5.74, 6) is -1.41. The van der Waals surface area contributed by atoms with Crippen LogP contribution in [0.1, 0.15) is 33.8 Å². The van der Waals surface area contributed by atoms with E-state index in [0.717, 1.165) is 11.6 Å². The van der Waals surface area contributed by atoms with E-state index in [4.69, 9.17) is 5.11 Å². The molecule has 0 aliphatic heterocycles. The Balaban J connectivity index is 1.77. The second kappa shape index (κ2) is 8.02. The number of amides is 2. The maximum atomic E-state index is 13.2. The number of benzene rings is 2. The molecule has 0 saturated heterocycles. The Morgan fingerprint density at radius 1 is 1.11 bits per heavy atom. The van der Waals surface area contributed by atoms with E-state index in [2.05, 4.69) is 10.6 Å². The zero-order valence-electron chi connectivity index (χ0n) is 14.8. The van der Waals surface area contributed by atoms with Crippen molar-refractivity contribution in [1.82, 2.24) is 5.32 Å². The second-order valence-electron chi connectivity index (χ2n) is 6.62. The van der Waals surface area contributed by atoms with Crippen molar-refractivity contribution in [3.63, 3.8) is 0 Å². The van der Waals surface area contributed by atoms with Crippen molar-refractivity contribution in [3.05, 3.63) is 65.2 Å². The molecule has 2 aromatic rings. The van der Waals surface area contributed by atoms with Gasteiger partial charge in [0.25, 0.3) is 5.91 Å². The zero-order valence-corrected chi connectivity index (χ0v) is 14.8. The number of anilines is 1. The first kappa shape index (κ1) is 19.9. The van der Waals surface area contributed by atoms with Gasteiger partial charge >= 0.3 is 6.18 Å². The lowest BCUT2D eigenvalue weighted by Crippen LogP contribution is -2.27. The van der Waals surface area contributed by atoms with Crippen LogP contribution >= 0.6 is 0 Å². The molecule has 2 amide bonds. The first-order chi connectivity index (χ1) is 13.3. The third-order valence-electron chi connectivity index (χ3n) is 4.54. The normalized spacial score (nSPS) is 18.4. The number of carbonyl (C=O) groups is 2. The molecule has 148 valence electrons. The van der Waals surface area contributed by atoms with Gasteiger partial charge in [0, 0.05) is 23.7 Å². The number of nitrogens with one attached hydrogen (secondary N) is 2. The van der Waals surface area contributed by atoms with Crippen LogP contribution in [0.2, 0.25) is 0 Å². The van der Waals surface area contributed by atoms with E-state index in [1.54, 1.807) is 0 Å². The Labute approximate surface area is 159 Å². The maximum absolute atomic E-state index is 13.2. The van der Waals surface area contributed by atoms with Crippen LogP contribution in [-0.2, 0) is 11.0 Å². The lowest BCUT2D eigenvalue weighted by Gasteiger charge is -2.13. The highest BCUT2D eigenvalue weighted by atomic mass is 19.4. The van der Waals surface area contributed by atoms with Crippen molar-refractivity contribution in [2.45, 2.75) is 18.5 Å². The Morgan fingerprint density at radius 3 is 2.46 bits per heavy atom. The number of rotatable bonds is 6. The highest BCUT2D eigenvalue weighted by molar-refractivity contribution is 5.99. The fraction of sp³-hybridized carbons (Fsp3) is 0.300. The van der Waals surface area contributed by atoms with Gasteiger partial charge in [-0.2, -0.15) is 13.2 Å². The average molecular weight is 392 g/mol. The van der Waals surface area contributed by atoms with Gasteiger partial charge in [0.15, 0.2) is 0 Å². The first-order valence-electron chi connectivity index (χ1n) is 8.76. The number of hydrogen-bond acceptors (Lipinski definition) is 3. The summed E-state index contributed by atoms with van der Waals surface area (Å²) in [6, 6.07) is 12.1. The van der Waals surface area contributed by atoms with E-state index in [9.17, 15) is 22.8 Å². The first-order valence-corrected chi connectivity index (χ1v) is 8.76. The molecule has 8 heteroatoms.